The maximum Gasteiger partial charge on any atom is 0.147 e. The number of para-hydroxylation sites is 1. The number of pyridine rings is 1. The molecule has 0 aliphatic carbocycles. The number of nitriles is 1. The van der Waals surface area contributed by atoms with Gasteiger partial charge in [-0.1, -0.05) is 18.2 Å². The van der Waals surface area contributed by atoms with Crippen LogP contribution < -0.4 is 10.6 Å². The molecule has 4 heteroatoms. The van der Waals surface area contributed by atoms with Crippen LogP contribution in [0.15, 0.2) is 24.3 Å². The number of nitrogens with zero attached hydrogens (tertiary/aromatic N) is 3. The molecule has 0 saturated carbocycles. The number of hydrogen-bond acceptors (Lipinski definition) is 4. The number of hydrogen-bond donors (Lipinski definition) is 1. The van der Waals surface area contributed by atoms with Crippen LogP contribution in [0.4, 0.5) is 5.82 Å². The van der Waals surface area contributed by atoms with Gasteiger partial charge < -0.3 is 10.6 Å². The van der Waals surface area contributed by atoms with Crippen molar-refractivity contribution >= 4 is 16.7 Å². The molecule has 1 saturated heterocycles. The largest absolute Gasteiger partial charge is 0.354 e. The molecule has 4 nitrogen and oxygen atoms in total. The number of anilines is 1. The summed E-state index contributed by atoms with van der Waals surface area (Å²) in [6.45, 7) is 3.64. The standard InChI is InChI=1S/C15H16N4/c1-10-12-4-2-3-5-14(12)18-15(13(10)8-16)19-7-6-11(17)9-19/h2-5,11H,6-7,9,17H2,1H3/t11-/m1/s1. The third kappa shape index (κ3) is 1.92. The number of benzene rings is 1. The van der Waals surface area contributed by atoms with Gasteiger partial charge in [-0.05, 0) is 25.0 Å². The molecule has 1 aromatic heterocycles. The maximum absolute atomic E-state index is 9.44. The predicted molar refractivity (Wildman–Crippen MR) is 76.0 cm³/mol. The van der Waals surface area contributed by atoms with Crippen LogP contribution >= 0.6 is 0 Å². The first-order chi connectivity index (χ1) is 9.20. The van der Waals surface area contributed by atoms with E-state index >= 15 is 0 Å². The van der Waals surface area contributed by atoms with Crippen molar-refractivity contribution in [2.45, 2.75) is 19.4 Å². The van der Waals surface area contributed by atoms with E-state index in [0.29, 0.717) is 5.56 Å². The van der Waals surface area contributed by atoms with E-state index in [2.05, 4.69) is 16.0 Å². The fourth-order valence-electron chi connectivity index (χ4n) is 2.70. The fraction of sp³-hybridized carbons (Fsp3) is 0.333. The normalized spacial score (nSPS) is 18.8. The Kier molecular flexibility index (Phi) is 2.84. The van der Waals surface area contributed by atoms with Crippen molar-refractivity contribution < 1.29 is 0 Å². The summed E-state index contributed by atoms with van der Waals surface area (Å²) in [5.41, 5.74) is 8.57. The second-order valence-electron chi connectivity index (χ2n) is 5.06. The van der Waals surface area contributed by atoms with Crippen molar-refractivity contribution in [3.8, 4) is 6.07 Å². The quantitative estimate of drug-likeness (QED) is 0.842. The Morgan fingerprint density at radius 1 is 1.42 bits per heavy atom. The molecule has 0 spiro atoms. The van der Waals surface area contributed by atoms with Crippen LogP contribution in [0.3, 0.4) is 0 Å². The second-order valence-corrected chi connectivity index (χ2v) is 5.06. The average molecular weight is 252 g/mol. The number of fused-ring (bicyclic) bond motifs is 1. The van der Waals surface area contributed by atoms with Gasteiger partial charge in [0.25, 0.3) is 0 Å². The zero-order valence-electron chi connectivity index (χ0n) is 10.9. The van der Waals surface area contributed by atoms with Gasteiger partial charge in [-0.3, -0.25) is 0 Å². The summed E-state index contributed by atoms with van der Waals surface area (Å²) in [6.07, 6.45) is 0.957. The van der Waals surface area contributed by atoms with E-state index in [1.54, 1.807) is 0 Å². The summed E-state index contributed by atoms with van der Waals surface area (Å²) in [7, 11) is 0. The van der Waals surface area contributed by atoms with E-state index in [1.165, 1.54) is 0 Å². The average Bonchev–Trinajstić information content (AvgIpc) is 2.85. The van der Waals surface area contributed by atoms with Crippen LogP contribution in [0.1, 0.15) is 17.5 Å². The van der Waals surface area contributed by atoms with Gasteiger partial charge in [0.15, 0.2) is 0 Å². The van der Waals surface area contributed by atoms with Gasteiger partial charge in [0.05, 0.1) is 11.1 Å². The lowest BCUT2D eigenvalue weighted by Crippen LogP contribution is -2.27. The Bertz CT molecular complexity index is 672. The van der Waals surface area contributed by atoms with Crippen molar-refractivity contribution in [3.05, 3.63) is 35.4 Å². The number of rotatable bonds is 1. The van der Waals surface area contributed by atoms with E-state index in [9.17, 15) is 5.26 Å². The highest BCUT2D eigenvalue weighted by atomic mass is 15.2. The van der Waals surface area contributed by atoms with Gasteiger partial charge in [-0.25, -0.2) is 4.98 Å². The Balaban J connectivity index is 2.21. The topological polar surface area (TPSA) is 65.9 Å². The van der Waals surface area contributed by atoms with Crippen molar-refractivity contribution in [2.75, 3.05) is 18.0 Å². The second kappa shape index (κ2) is 4.52. The predicted octanol–water partition coefficient (Wildman–Crippen LogP) is 1.95. The zero-order valence-corrected chi connectivity index (χ0v) is 10.9. The lowest BCUT2D eigenvalue weighted by molar-refractivity contribution is 0.751. The molecule has 1 fully saturated rings. The van der Waals surface area contributed by atoms with Gasteiger partial charge in [-0.15, -0.1) is 0 Å². The van der Waals surface area contributed by atoms with E-state index in [1.807, 2.05) is 31.2 Å². The maximum atomic E-state index is 9.44. The molecule has 2 heterocycles. The lowest BCUT2D eigenvalue weighted by Gasteiger charge is -2.20. The summed E-state index contributed by atoms with van der Waals surface area (Å²) in [4.78, 5) is 6.80. The molecule has 2 N–H and O–H groups in total. The molecule has 0 bridgehead atoms. The highest BCUT2D eigenvalue weighted by Gasteiger charge is 2.24. The fourth-order valence-corrected chi connectivity index (χ4v) is 2.70. The van der Waals surface area contributed by atoms with Crippen LogP contribution in [0.2, 0.25) is 0 Å². The molecule has 19 heavy (non-hydrogen) atoms. The molecule has 1 aromatic carbocycles. The third-order valence-corrected chi connectivity index (χ3v) is 3.77. The molecule has 2 aromatic rings. The molecule has 0 unspecified atom stereocenters. The van der Waals surface area contributed by atoms with Gasteiger partial charge in [0, 0.05) is 24.5 Å². The van der Waals surface area contributed by atoms with Crippen molar-refractivity contribution in [2.24, 2.45) is 5.73 Å². The first kappa shape index (κ1) is 11.9. The highest BCUT2D eigenvalue weighted by molar-refractivity contribution is 5.87. The summed E-state index contributed by atoms with van der Waals surface area (Å²) >= 11 is 0. The Morgan fingerprint density at radius 3 is 2.89 bits per heavy atom. The van der Waals surface area contributed by atoms with E-state index < -0.39 is 0 Å². The minimum absolute atomic E-state index is 0.181. The minimum atomic E-state index is 0.181. The first-order valence-corrected chi connectivity index (χ1v) is 6.50. The summed E-state index contributed by atoms with van der Waals surface area (Å²) in [5, 5.41) is 10.5. The molecule has 0 amide bonds. The van der Waals surface area contributed by atoms with E-state index in [4.69, 9.17) is 5.73 Å². The SMILES string of the molecule is Cc1c(C#N)c(N2CC[C@@H](N)C2)nc2ccccc12. The van der Waals surface area contributed by atoms with Crippen LogP contribution in [0.25, 0.3) is 10.9 Å². The van der Waals surface area contributed by atoms with Crippen molar-refractivity contribution in [1.29, 1.82) is 5.26 Å². The molecular weight excluding hydrogens is 236 g/mol. The number of nitrogens with two attached hydrogens (primary N) is 1. The smallest absolute Gasteiger partial charge is 0.147 e. The van der Waals surface area contributed by atoms with Crippen molar-refractivity contribution in [1.82, 2.24) is 4.98 Å². The van der Waals surface area contributed by atoms with Gasteiger partial charge >= 0.3 is 0 Å². The summed E-state index contributed by atoms with van der Waals surface area (Å²) in [6, 6.07) is 10.4. The van der Waals surface area contributed by atoms with E-state index in [-0.39, 0.29) is 6.04 Å². The van der Waals surface area contributed by atoms with Gasteiger partial charge in [0.1, 0.15) is 11.9 Å². The lowest BCUT2D eigenvalue weighted by atomic mass is 10.0. The molecule has 1 atom stereocenters. The van der Waals surface area contributed by atoms with E-state index in [0.717, 1.165) is 41.8 Å². The molecule has 96 valence electrons. The van der Waals surface area contributed by atoms with Gasteiger partial charge in [0.2, 0.25) is 0 Å². The van der Waals surface area contributed by atoms with Crippen LogP contribution in [0, 0.1) is 18.3 Å². The summed E-state index contributed by atoms with van der Waals surface area (Å²) in [5.74, 6) is 0.784. The molecule has 0 radical (unpaired) electrons. The monoisotopic (exact) mass is 252 g/mol. The molecule has 3 rings (SSSR count). The number of aromatic nitrogens is 1. The van der Waals surface area contributed by atoms with Crippen LogP contribution in [0.5, 0.6) is 0 Å². The Labute approximate surface area is 112 Å². The minimum Gasteiger partial charge on any atom is -0.354 e. The van der Waals surface area contributed by atoms with Crippen molar-refractivity contribution in [3.63, 3.8) is 0 Å². The first-order valence-electron chi connectivity index (χ1n) is 6.50. The van der Waals surface area contributed by atoms with Crippen LogP contribution in [-0.4, -0.2) is 24.1 Å². The Hall–Kier alpha value is -2.12. The molecular formula is C15H16N4. The highest BCUT2D eigenvalue weighted by Crippen LogP contribution is 2.29. The molecule has 1 aliphatic heterocycles. The van der Waals surface area contributed by atoms with Gasteiger partial charge in [-0.2, -0.15) is 5.26 Å². The Morgan fingerprint density at radius 2 is 2.21 bits per heavy atom. The molecule has 1 aliphatic rings. The van der Waals surface area contributed by atoms with Crippen LogP contribution in [-0.2, 0) is 0 Å². The number of aryl methyl sites for hydroxylation is 1. The summed E-state index contributed by atoms with van der Waals surface area (Å²) < 4.78 is 0. The zero-order chi connectivity index (χ0) is 13.4. The third-order valence-electron chi connectivity index (χ3n) is 3.77.